The summed E-state index contributed by atoms with van der Waals surface area (Å²) in [6.45, 7) is 1.23. The van der Waals surface area contributed by atoms with Gasteiger partial charge in [-0.1, -0.05) is 0 Å². The van der Waals surface area contributed by atoms with E-state index in [0.29, 0.717) is 13.2 Å². The first-order valence-corrected chi connectivity index (χ1v) is 6.11. The smallest absolute Gasteiger partial charge is 0.154 e. The molecule has 2 rings (SSSR count). The quantitative estimate of drug-likeness (QED) is 0.555. The summed E-state index contributed by atoms with van der Waals surface area (Å²) in [5.74, 6) is -0.0666. The lowest BCUT2D eigenvalue weighted by molar-refractivity contribution is -0.0151. The second-order valence-corrected chi connectivity index (χ2v) is 5.81. The fraction of sp³-hybridized carbons (Fsp3) is 1.00. The van der Waals surface area contributed by atoms with Crippen molar-refractivity contribution in [2.75, 3.05) is 24.7 Å². The van der Waals surface area contributed by atoms with E-state index in [2.05, 4.69) is 5.32 Å². The Bertz CT molecular complexity index is 285. The van der Waals surface area contributed by atoms with Crippen molar-refractivity contribution < 1.29 is 18.3 Å². The van der Waals surface area contributed by atoms with Gasteiger partial charge in [0.25, 0.3) is 0 Å². The second kappa shape index (κ2) is 3.20. The van der Waals surface area contributed by atoms with E-state index in [1.165, 1.54) is 0 Å². The summed E-state index contributed by atoms with van der Waals surface area (Å²) in [6, 6.07) is -0.0909. The van der Waals surface area contributed by atoms with Crippen molar-refractivity contribution in [3.8, 4) is 0 Å². The van der Waals surface area contributed by atoms with Gasteiger partial charge in [-0.25, -0.2) is 8.42 Å². The Morgan fingerprint density at radius 3 is 2.38 bits per heavy atom. The van der Waals surface area contributed by atoms with Crippen molar-refractivity contribution in [2.45, 2.75) is 18.2 Å². The van der Waals surface area contributed by atoms with E-state index in [-0.39, 0.29) is 23.6 Å². The highest BCUT2D eigenvalue weighted by Crippen LogP contribution is 2.14. The molecule has 0 saturated carbocycles. The molecule has 0 bridgehead atoms. The monoisotopic (exact) mass is 207 g/mol. The predicted molar refractivity (Wildman–Crippen MR) is 46.2 cm³/mol. The molecule has 2 aliphatic heterocycles. The van der Waals surface area contributed by atoms with E-state index in [4.69, 9.17) is 4.74 Å². The third kappa shape index (κ3) is 2.01. The van der Waals surface area contributed by atoms with Crippen molar-refractivity contribution in [2.24, 2.45) is 0 Å². The van der Waals surface area contributed by atoms with Gasteiger partial charge in [0, 0.05) is 6.04 Å². The van der Waals surface area contributed by atoms with Crippen molar-refractivity contribution >= 4 is 9.84 Å². The molecule has 13 heavy (non-hydrogen) atoms. The molecule has 0 radical (unpaired) electrons. The van der Waals surface area contributed by atoms with Crippen LogP contribution in [0.15, 0.2) is 0 Å². The molecule has 2 unspecified atom stereocenters. The van der Waals surface area contributed by atoms with Crippen LogP contribution in [0.2, 0.25) is 0 Å². The molecule has 0 spiro atoms. The van der Waals surface area contributed by atoms with Crippen LogP contribution in [0.3, 0.4) is 0 Å². The Hall–Kier alpha value is -0.170. The van der Waals surface area contributed by atoms with Crippen LogP contribution in [0.5, 0.6) is 0 Å². The lowest BCUT2D eigenvalue weighted by atomic mass is 10.1. The number of aliphatic hydroxyl groups is 1. The molecule has 0 aromatic rings. The maximum atomic E-state index is 11.1. The molecule has 2 aliphatic rings. The molecule has 2 heterocycles. The minimum absolute atomic E-state index is 0.0463. The highest BCUT2D eigenvalue weighted by atomic mass is 32.2. The molecular weight excluding hydrogens is 194 g/mol. The first-order valence-electron chi connectivity index (χ1n) is 4.29. The number of hydrogen-bond donors (Lipinski definition) is 2. The maximum Gasteiger partial charge on any atom is 0.154 e. The van der Waals surface area contributed by atoms with Crippen LogP contribution < -0.4 is 5.32 Å². The fourth-order valence-electron chi connectivity index (χ4n) is 1.62. The van der Waals surface area contributed by atoms with E-state index >= 15 is 0 Å². The zero-order valence-corrected chi connectivity index (χ0v) is 7.96. The number of nitrogens with one attached hydrogen (secondary N) is 1. The summed E-state index contributed by atoms with van der Waals surface area (Å²) in [5, 5.41) is 12.5. The topological polar surface area (TPSA) is 75.6 Å². The molecule has 0 aromatic heterocycles. The molecule has 6 heteroatoms. The first kappa shape index (κ1) is 9.39. The first-order chi connectivity index (χ1) is 6.07. The highest BCUT2D eigenvalue weighted by molar-refractivity contribution is 7.91. The van der Waals surface area contributed by atoms with Crippen molar-refractivity contribution in [3.05, 3.63) is 0 Å². The second-order valence-electron chi connectivity index (χ2n) is 3.65. The number of ether oxygens (including phenoxy) is 1. The molecule has 5 nitrogen and oxygen atoms in total. The Morgan fingerprint density at radius 1 is 1.31 bits per heavy atom. The van der Waals surface area contributed by atoms with Crippen LogP contribution >= 0.6 is 0 Å². The molecule has 0 amide bonds. The van der Waals surface area contributed by atoms with E-state index in [1.54, 1.807) is 0 Å². The summed E-state index contributed by atoms with van der Waals surface area (Å²) < 4.78 is 27.2. The van der Waals surface area contributed by atoms with E-state index in [1.807, 2.05) is 0 Å². The van der Waals surface area contributed by atoms with Gasteiger partial charge in [-0.2, -0.15) is 0 Å². The highest BCUT2D eigenvalue weighted by Gasteiger charge is 2.38. The third-order valence-electron chi connectivity index (χ3n) is 2.41. The fourth-order valence-corrected chi connectivity index (χ4v) is 3.38. The lowest BCUT2D eigenvalue weighted by Gasteiger charge is -2.30. The van der Waals surface area contributed by atoms with Crippen LogP contribution in [-0.2, 0) is 14.6 Å². The van der Waals surface area contributed by atoms with Gasteiger partial charge < -0.3 is 15.2 Å². The van der Waals surface area contributed by atoms with Crippen LogP contribution in [0.4, 0.5) is 0 Å². The molecule has 2 saturated heterocycles. The normalized spacial score (nSPS) is 38.8. The summed E-state index contributed by atoms with van der Waals surface area (Å²) in [7, 11) is -3.03. The van der Waals surface area contributed by atoms with Gasteiger partial charge in [-0.15, -0.1) is 0 Å². The molecule has 2 N–H and O–H groups in total. The van der Waals surface area contributed by atoms with Gasteiger partial charge in [0.1, 0.15) is 0 Å². The summed E-state index contributed by atoms with van der Waals surface area (Å²) in [4.78, 5) is 0. The Morgan fingerprint density at radius 2 is 2.00 bits per heavy atom. The number of sulfone groups is 1. The zero-order valence-electron chi connectivity index (χ0n) is 7.14. The van der Waals surface area contributed by atoms with Crippen LogP contribution in [-0.4, -0.2) is 56.4 Å². The van der Waals surface area contributed by atoms with Crippen molar-refractivity contribution in [3.63, 3.8) is 0 Å². The molecule has 2 atom stereocenters. The minimum Gasteiger partial charge on any atom is -0.390 e. The zero-order chi connectivity index (χ0) is 9.47. The average molecular weight is 207 g/mol. The minimum atomic E-state index is -3.03. The Balaban J connectivity index is 1.92. The summed E-state index contributed by atoms with van der Waals surface area (Å²) in [6.07, 6.45) is -0.759. The summed E-state index contributed by atoms with van der Waals surface area (Å²) >= 11 is 0. The Labute approximate surface area is 77.0 Å². The van der Waals surface area contributed by atoms with Gasteiger partial charge in [-0.05, 0) is 0 Å². The van der Waals surface area contributed by atoms with E-state index in [9.17, 15) is 13.5 Å². The van der Waals surface area contributed by atoms with Crippen LogP contribution in [0.25, 0.3) is 0 Å². The van der Waals surface area contributed by atoms with Gasteiger partial charge in [-0.3, -0.25) is 0 Å². The van der Waals surface area contributed by atoms with E-state index in [0.717, 1.165) is 0 Å². The predicted octanol–water partition coefficient (Wildman–Crippen LogP) is -1.87. The van der Waals surface area contributed by atoms with Gasteiger partial charge in [0.2, 0.25) is 0 Å². The van der Waals surface area contributed by atoms with Crippen LogP contribution in [0.1, 0.15) is 0 Å². The molecule has 0 aliphatic carbocycles. The third-order valence-corrected chi connectivity index (χ3v) is 4.13. The Kier molecular flexibility index (Phi) is 2.31. The average Bonchev–Trinajstić information content (AvgIpc) is 2.16. The van der Waals surface area contributed by atoms with E-state index < -0.39 is 15.9 Å². The largest absolute Gasteiger partial charge is 0.390 e. The molecule has 0 aromatic carbocycles. The van der Waals surface area contributed by atoms with Gasteiger partial charge >= 0.3 is 0 Å². The SMILES string of the molecule is O=S1(=O)CC(O)C(NC2COC2)C1. The van der Waals surface area contributed by atoms with Crippen molar-refractivity contribution in [1.29, 1.82) is 0 Å². The maximum absolute atomic E-state index is 11.1. The number of hydrogen-bond acceptors (Lipinski definition) is 5. The van der Waals surface area contributed by atoms with Gasteiger partial charge in [0.05, 0.1) is 36.9 Å². The lowest BCUT2D eigenvalue weighted by Crippen LogP contribution is -2.53. The van der Waals surface area contributed by atoms with Crippen LogP contribution in [0, 0.1) is 0 Å². The van der Waals surface area contributed by atoms with Gasteiger partial charge in [0.15, 0.2) is 9.84 Å². The molecule has 2 fully saturated rings. The number of rotatable bonds is 2. The standard InChI is InChI=1S/C7H13NO4S/c9-7-4-13(10,11)3-6(7)8-5-1-12-2-5/h5-9H,1-4H2. The van der Waals surface area contributed by atoms with Crippen molar-refractivity contribution in [1.82, 2.24) is 5.32 Å². The molecular formula is C7H13NO4S. The summed E-state index contributed by atoms with van der Waals surface area (Å²) in [5.41, 5.74) is 0. The molecule has 76 valence electrons. The number of aliphatic hydroxyl groups excluding tert-OH is 1.